The number of anilines is 2. The smallest absolute Gasteiger partial charge is 0.306 e. The van der Waals surface area contributed by atoms with Crippen molar-refractivity contribution in [2.75, 3.05) is 5.32 Å². The van der Waals surface area contributed by atoms with Gasteiger partial charge in [-0.15, -0.1) is 0 Å². The molecule has 32 heavy (non-hydrogen) atoms. The molecule has 164 valence electrons. The van der Waals surface area contributed by atoms with E-state index in [4.69, 9.17) is 11.6 Å². The number of nitrogens with zero attached hydrogens (tertiary/aromatic N) is 4. The maximum atomic E-state index is 13.9. The number of hydrogen-bond donors (Lipinski definition) is 1. The largest absolute Gasteiger partial charge is 0.347 e. The summed E-state index contributed by atoms with van der Waals surface area (Å²) in [6.45, 7) is 2.58. The summed E-state index contributed by atoms with van der Waals surface area (Å²) in [6, 6.07) is 8.48. The minimum atomic E-state index is -0.889. The molecule has 0 saturated carbocycles. The predicted octanol–water partition coefficient (Wildman–Crippen LogP) is 6.43. The molecule has 9 heteroatoms. The molecule has 1 aliphatic heterocycles. The van der Waals surface area contributed by atoms with Crippen molar-refractivity contribution in [3.05, 3.63) is 74.8 Å². The lowest BCUT2D eigenvalue weighted by Gasteiger charge is -2.14. The van der Waals surface area contributed by atoms with Crippen LogP contribution in [-0.2, 0) is 13.0 Å². The molecule has 1 N–H and O–H groups in total. The van der Waals surface area contributed by atoms with Crippen molar-refractivity contribution in [3.63, 3.8) is 0 Å². The number of aromatic nitrogens is 3. The fourth-order valence-electron chi connectivity index (χ4n) is 4.12. The molecule has 0 unspecified atom stereocenters. The van der Waals surface area contributed by atoms with Crippen LogP contribution in [0.4, 0.5) is 21.7 Å². The number of nitro benzene ring substituents is 1. The van der Waals surface area contributed by atoms with Crippen LogP contribution in [0.25, 0.3) is 22.2 Å². The summed E-state index contributed by atoms with van der Waals surface area (Å²) >= 11 is 6.46. The highest BCUT2D eigenvalue weighted by Crippen LogP contribution is 2.37. The van der Waals surface area contributed by atoms with Gasteiger partial charge in [0.15, 0.2) is 0 Å². The van der Waals surface area contributed by atoms with Gasteiger partial charge < -0.3 is 9.88 Å². The third-order valence-electron chi connectivity index (χ3n) is 5.56. The molecule has 0 radical (unpaired) electrons. The lowest BCUT2D eigenvalue weighted by atomic mass is 10.0. The SMILES string of the molecule is C.Cc1cc(F)c([N+](=O)[O-])cc1Nc1ncc(Cl)c(-c2cn3c4c(cccc24)CCC3)n1. The van der Waals surface area contributed by atoms with Crippen LogP contribution in [-0.4, -0.2) is 19.5 Å². The molecule has 2 aromatic heterocycles. The highest BCUT2D eigenvalue weighted by Gasteiger charge is 2.21. The van der Waals surface area contributed by atoms with Crippen LogP contribution in [0, 0.1) is 22.9 Å². The van der Waals surface area contributed by atoms with E-state index in [0.29, 0.717) is 22.0 Å². The van der Waals surface area contributed by atoms with Crippen molar-refractivity contribution >= 4 is 39.8 Å². The normalized spacial score (nSPS) is 12.5. The Kier molecular flexibility index (Phi) is 5.56. The molecular weight excluding hydrogens is 433 g/mol. The fraction of sp³-hybridized carbons (Fsp3) is 0.217. The first kappa shape index (κ1) is 21.7. The molecular formula is C23H21ClFN5O2. The average Bonchev–Trinajstić information content (AvgIpc) is 3.12. The van der Waals surface area contributed by atoms with Crippen LogP contribution in [0.5, 0.6) is 0 Å². The Morgan fingerprint density at radius 3 is 2.91 bits per heavy atom. The summed E-state index contributed by atoms with van der Waals surface area (Å²) < 4.78 is 16.1. The number of benzene rings is 2. The standard InChI is InChI=1S/C22H17ClFN5O2.CH4/c1-12-8-17(24)19(29(30)31)9-18(12)26-22-25-10-16(23)20(27-22)15-11-28-7-3-5-13-4-2-6-14(15)21(13)28;/h2,4,6,8-11H,3,5,7H2,1H3,(H,25,26,27);1H4. The minimum absolute atomic E-state index is 0. The molecule has 0 bridgehead atoms. The molecule has 7 nitrogen and oxygen atoms in total. The van der Waals surface area contributed by atoms with Gasteiger partial charge in [-0.2, -0.15) is 4.39 Å². The molecule has 0 saturated heterocycles. The number of hydrogen-bond acceptors (Lipinski definition) is 5. The first-order chi connectivity index (χ1) is 14.9. The maximum absolute atomic E-state index is 13.9. The van der Waals surface area contributed by atoms with E-state index in [1.165, 1.54) is 17.3 Å². The number of halogens is 2. The van der Waals surface area contributed by atoms with E-state index < -0.39 is 16.4 Å². The second-order valence-electron chi connectivity index (χ2n) is 7.54. The Hall–Kier alpha value is -3.52. The number of nitrogens with one attached hydrogen (secondary N) is 1. The molecule has 0 amide bonds. The summed E-state index contributed by atoms with van der Waals surface area (Å²) in [4.78, 5) is 19.1. The number of nitro groups is 1. The third-order valence-corrected chi connectivity index (χ3v) is 5.84. The maximum Gasteiger partial charge on any atom is 0.306 e. The van der Waals surface area contributed by atoms with Gasteiger partial charge in [-0.25, -0.2) is 9.97 Å². The van der Waals surface area contributed by atoms with Gasteiger partial charge in [0.25, 0.3) is 0 Å². The van der Waals surface area contributed by atoms with Gasteiger partial charge in [0.05, 0.1) is 33.0 Å². The minimum Gasteiger partial charge on any atom is -0.347 e. The average molecular weight is 454 g/mol. The van der Waals surface area contributed by atoms with Crippen molar-refractivity contribution < 1.29 is 9.31 Å². The lowest BCUT2D eigenvalue weighted by molar-refractivity contribution is -0.387. The summed E-state index contributed by atoms with van der Waals surface area (Å²) in [5.74, 6) is -0.671. The second-order valence-corrected chi connectivity index (χ2v) is 7.95. The number of rotatable bonds is 4. The molecule has 2 aromatic carbocycles. The Labute approximate surface area is 189 Å². The van der Waals surface area contributed by atoms with E-state index in [1.54, 1.807) is 6.92 Å². The molecule has 0 atom stereocenters. The number of aryl methyl sites for hydroxylation is 3. The van der Waals surface area contributed by atoms with E-state index >= 15 is 0 Å². The van der Waals surface area contributed by atoms with Crippen LogP contribution >= 0.6 is 11.6 Å². The Bertz CT molecular complexity index is 1370. The van der Waals surface area contributed by atoms with Crippen molar-refractivity contribution in [1.29, 1.82) is 0 Å². The fourth-order valence-corrected chi connectivity index (χ4v) is 4.31. The zero-order valence-electron chi connectivity index (χ0n) is 16.5. The van der Waals surface area contributed by atoms with Crippen LogP contribution in [0.1, 0.15) is 25.0 Å². The van der Waals surface area contributed by atoms with Gasteiger partial charge in [-0.3, -0.25) is 10.1 Å². The molecule has 0 fully saturated rings. The molecule has 0 spiro atoms. The molecule has 4 aromatic rings. The molecule has 0 aliphatic carbocycles. The highest BCUT2D eigenvalue weighted by atomic mass is 35.5. The van der Waals surface area contributed by atoms with E-state index in [0.717, 1.165) is 42.5 Å². The highest BCUT2D eigenvalue weighted by molar-refractivity contribution is 6.33. The Balaban J connectivity index is 0.00000245. The first-order valence-corrected chi connectivity index (χ1v) is 10.2. The zero-order chi connectivity index (χ0) is 21.7. The molecule has 3 heterocycles. The quantitative estimate of drug-likeness (QED) is 0.284. The van der Waals surface area contributed by atoms with Gasteiger partial charge in [0.2, 0.25) is 11.8 Å². The van der Waals surface area contributed by atoms with E-state index in [9.17, 15) is 14.5 Å². The van der Waals surface area contributed by atoms with E-state index in [-0.39, 0.29) is 13.4 Å². The summed E-state index contributed by atoms with van der Waals surface area (Å²) in [6.07, 6.45) is 5.66. The Morgan fingerprint density at radius 1 is 1.31 bits per heavy atom. The van der Waals surface area contributed by atoms with Crippen LogP contribution in [0.2, 0.25) is 5.02 Å². The monoisotopic (exact) mass is 453 g/mol. The first-order valence-electron chi connectivity index (χ1n) is 9.77. The second kappa shape index (κ2) is 8.20. The zero-order valence-corrected chi connectivity index (χ0v) is 17.3. The van der Waals surface area contributed by atoms with E-state index in [2.05, 4.69) is 38.2 Å². The Morgan fingerprint density at radius 2 is 2.12 bits per heavy atom. The number of para-hydroxylation sites is 1. The summed E-state index contributed by atoms with van der Waals surface area (Å²) in [7, 11) is 0. The topological polar surface area (TPSA) is 85.9 Å². The van der Waals surface area contributed by atoms with Gasteiger partial charge in [0, 0.05) is 29.8 Å². The van der Waals surface area contributed by atoms with Crippen molar-refractivity contribution in [1.82, 2.24) is 14.5 Å². The van der Waals surface area contributed by atoms with Crippen LogP contribution in [0.3, 0.4) is 0 Å². The van der Waals surface area contributed by atoms with Gasteiger partial charge >= 0.3 is 5.69 Å². The van der Waals surface area contributed by atoms with Crippen LogP contribution in [0.15, 0.2) is 42.7 Å². The molecule has 5 rings (SSSR count). The van der Waals surface area contributed by atoms with Crippen molar-refractivity contribution in [3.8, 4) is 11.3 Å². The van der Waals surface area contributed by atoms with E-state index in [1.807, 2.05) is 6.07 Å². The third kappa shape index (κ3) is 3.56. The van der Waals surface area contributed by atoms with Gasteiger partial charge in [-0.1, -0.05) is 37.2 Å². The van der Waals surface area contributed by atoms with Gasteiger partial charge in [-0.05, 0) is 37.0 Å². The lowest BCUT2D eigenvalue weighted by Crippen LogP contribution is -2.05. The van der Waals surface area contributed by atoms with Crippen molar-refractivity contribution in [2.24, 2.45) is 0 Å². The summed E-state index contributed by atoms with van der Waals surface area (Å²) in [5, 5.41) is 15.5. The molecule has 1 aliphatic rings. The van der Waals surface area contributed by atoms with Gasteiger partial charge in [0.1, 0.15) is 0 Å². The van der Waals surface area contributed by atoms with Crippen molar-refractivity contribution in [2.45, 2.75) is 33.7 Å². The predicted molar refractivity (Wildman–Crippen MR) is 124 cm³/mol. The summed E-state index contributed by atoms with van der Waals surface area (Å²) in [5.41, 5.74) is 4.19. The van der Waals surface area contributed by atoms with Crippen LogP contribution < -0.4 is 5.32 Å².